The number of hydrogen-bond donors (Lipinski definition) is 2. The standard InChI is InChI=1S/C23H29N5O7S/c1-6-15(4)26-36(32,33)20-12-17(28(30)31)9-10-19(20)35-23-16(5)21(25-27(23)14(2)3)22(29)24-13-18-8-7-11-34-18/h7-12,14-15,26H,6,13H2,1-5H3,(H,24,29). The van der Waals surface area contributed by atoms with Crippen LogP contribution in [0.1, 0.15) is 62.0 Å². The van der Waals surface area contributed by atoms with Gasteiger partial charge in [0.1, 0.15) is 16.4 Å². The highest BCUT2D eigenvalue weighted by molar-refractivity contribution is 7.89. The molecule has 3 rings (SSSR count). The zero-order chi connectivity index (χ0) is 26.6. The molecule has 3 aromatic rings. The summed E-state index contributed by atoms with van der Waals surface area (Å²) in [6.45, 7) is 8.91. The number of amides is 1. The Bertz CT molecular complexity index is 1350. The summed E-state index contributed by atoms with van der Waals surface area (Å²) < 4.78 is 41.4. The lowest BCUT2D eigenvalue weighted by molar-refractivity contribution is -0.385. The van der Waals surface area contributed by atoms with Gasteiger partial charge in [-0.3, -0.25) is 14.9 Å². The zero-order valence-corrected chi connectivity index (χ0v) is 21.5. The monoisotopic (exact) mass is 519 g/mol. The molecule has 1 unspecified atom stereocenters. The van der Waals surface area contributed by atoms with Crippen LogP contribution in [0.5, 0.6) is 11.6 Å². The van der Waals surface area contributed by atoms with Crippen molar-refractivity contribution >= 4 is 21.6 Å². The molecular formula is C23H29N5O7S. The summed E-state index contributed by atoms with van der Waals surface area (Å²) in [4.78, 5) is 23.1. The Morgan fingerprint density at radius 3 is 2.58 bits per heavy atom. The molecule has 13 heteroatoms. The highest BCUT2D eigenvalue weighted by Gasteiger charge is 2.28. The van der Waals surface area contributed by atoms with Crippen molar-refractivity contribution in [3.63, 3.8) is 0 Å². The first-order chi connectivity index (χ1) is 16.9. The molecule has 1 amide bonds. The second-order valence-electron chi connectivity index (χ2n) is 8.50. The van der Waals surface area contributed by atoms with Gasteiger partial charge in [-0.2, -0.15) is 5.10 Å². The van der Waals surface area contributed by atoms with E-state index in [4.69, 9.17) is 9.15 Å². The average Bonchev–Trinajstić information content (AvgIpc) is 3.45. The molecule has 194 valence electrons. The maximum Gasteiger partial charge on any atom is 0.272 e. The second-order valence-corrected chi connectivity index (χ2v) is 10.2. The smallest absolute Gasteiger partial charge is 0.272 e. The number of sulfonamides is 1. The molecule has 0 aliphatic rings. The minimum atomic E-state index is -4.17. The van der Waals surface area contributed by atoms with Gasteiger partial charge in [0.2, 0.25) is 15.9 Å². The number of ether oxygens (including phenoxy) is 1. The van der Waals surface area contributed by atoms with Gasteiger partial charge in [0.05, 0.1) is 23.8 Å². The van der Waals surface area contributed by atoms with Gasteiger partial charge in [-0.15, -0.1) is 0 Å². The third kappa shape index (κ3) is 5.91. The van der Waals surface area contributed by atoms with E-state index in [9.17, 15) is 23.3 Å². The van der Waals surface area contributed by atoms with Gasteiger partial charge in [0.25, 0.3) is 11.6 Å². The minimum absolute atomic E-state index is 0.0919. The fraction of sp³-hybridized carbons (Fsp3) is 0.391. The van der Waals surface area contributed by atoms with Crippen LogP contribution in [-0.2, 0) is 16.6 Å². The topological polar surface area (TPSA) is 159 Å². The lowest BCUT2D eigenvalue weighted by Gasteiger charge is -2.17. The summed E-state index contributed by atoms with van der Waals surface area (Å²) in [5.41, 5.74) is 0.0606. The molecule has 36 heavy (non-hydrogen) atoms. The third-order valence-corrected chi connectivity index (χ3v) is 7.01. The van der Waals surface area contributed by atoms with Crippen LogP contribution < -0.4 is 14.8 Å². The Morgan fingerprint density at radius 2 is 2.00 bits per heavy atom. The van der Waals surface area contributed by atoms with Crippen molar-refractivity contribution in [2.24, 2.45) is 0 Å². The molecule has 2 aromatic heterocycles. The minimum Gasteiger partial charge on any atom is -0.467 e. The first kappa shape index (κ1) is 26.9. The molecule has 2 heterocycles. The van der Waals surface area contributed by atoms with Crippen molar-refractivity contribution in [2.75, 3.05) is 0 Å². The molecule has 0 saturated carbocycles. The third-order valence-electron chi connectivity index (χ3n) is 5.40. The van der Waals surface area contributed by atoms with Crippen LogP contribution in [0.4, 0.5) is 5.69 Å². The van der Waals surface area contributed by atoms with Crippen LogP contribution >= 0.6 is 0 Å². The number of non-ortho nitro benzene ring substituents is 1. The average molecular weight is 520 g/mol. The molecule has 0 bridgehead atoms. The number of rotatable bonds is 11. The normalized spacial score (nSPS) is 12.5. The highest BCUT2D eigenvalue weighted by Crippen LogP contribution is 2.35. The van der Waals surface area contributed by atoms with E-state index >= 15 is 0 Å². The van der Waals surface area contributed by atoms with Crippen LogP contribution in [0.2, 0.25) is 0 Å². The van der Waals surface area contributed by atoms with Gasteiger partial charge in [-0.25, -0.2) is 17.8 Å². The van der Waals surface area contributed by atoms with E-state index in [-0.39, 0.29) is 29.9 Å². The Morgan fingerprint density at radius 1 is 1.28 bits per heavy atom. The van der Waals surface area contributed by atoms with Crippen LogP contribution in [-0.4, -0.2) is 35.1 Å². The molecule has 0 fully saturated rings. The summed E-state index contributed by atoms with van der Waals surface area (Å²) in [6.07, 6.45) is 2.01. The van der Waals surface area contributed by atoms with Gasteiger partial charge in [0.15, 0.2) is 5.69 Å². The predicted molar refractivity (Wildman–Crippen MR) is 130 cm³/mol. The highest BCUT2D eigenvalue weighted by atomic mass is 32.2. The van der Waals surface area contributed by atoms with Crippen LogP contribution in [0.15, 0.2) is 45.9 Å². The van der Waals surface area contributed by atoms with Gasteiger partial charge in [0, 0.05) is 23.7 Å². The molecule has 12 nitrogen and oxygen atoms in total. The zero-order valence-electron chi connectivity index (χ0n) is 20.6. The van der Waals surface area contributed by atoms with E-state index in [1.165, 1.54) is 17.0 Å². The maximum atomic E-state index is 13.1. The molecule has 0 aliphatic carbocycles. The number of nitro benzene ring substituents is 1. The van der Waals surface area contributed by atoms with E-state index in [1.54, 1.807) is 32.9 Å². The number of nitrogens with zero attached hydrogens (tertiary/aromatic N) is 3. The SMILES string of the molecule is CCC(C)NS(=O)(=O)c1cc([N+](=O)[O-])ccc1Oc1c(C)c(C(=O)NCc2ccco2)nn1C(C)C. The van der Waals surface area contributed by atoms with Crippen molar-refractivity contribution in [1.29, 1.82) is 0 Å². The number of aromatic nitrogens is 2. The Balaban J connectivity index is 2.02. The van der Waals surface area contributed by atoms with Crippen molar-refractivity contribution in [3.05, 3.63) is 63.7 Å². The summed E-state index contributed by atoms with van der Waals surface area (Å²) in [5.74, 6) is 0.101. The van der Waals surface area contributed by atoms with Crippen LogP contribution in [0.25, 0.3) is 0 Å². The lowest BCUT2D eigenvalue weighted by atomic mass is 10.2. The molecular weight excluding hydrogens is 490 g/mol. The van der Waals surface area contributed by atoms with Crippen molar-refractivity contribution in [2.45, 2.75) is 64.6 Å². The fourth-order valence-electron chi connectivity index (χ4n) is 3.28. The number of carbonyl (C=O) groups is 1. The van der Waals surface area contributed by atoms with Crippen LogP contribution in [0.3, 0.4) is 0 Å². The fourth-order valence-corrected chi connectivity index (χ4v) is 4.75. The summed E-state index contributed by atoms with van der Waals surface area (Å²) in [6, 6.07) is 6.09. The number of furan rings is 1. The van der Waals surface area contributed by atoms with E-state index in [0.717, 1.165) is 12.1 Å². The number of hydrogen-bond acceptors (Lipinski definition) is 8. The van der Waals surface area contributed by atoms with Crippen molar-refractivity contribution in [1.82, 2.24) is 19.8 Å². The second kappa shape index (κ2) is 10.9. The lowest BCUT2D eigenvalue weighted by Crippen LogP contribution is -2.32. The summed E-state index contributed by atoms with van der Waals surface area (Å²) >= 11 is 0. The molecule has 2 N–H and O–H groups in total. The number of nitrogens with one attached hydrogen (secondary N) is 2. The largest absolute Gasteiger partial charge is 0.467 e. The summed E-state index contributed by atoms with van der Waals surface area (Å²) in [7, 11) is -4.17. The van der Waals surface area contributed by atoms with Crippen LogP contribution in [0, 0.1) is 17.0 Å². The quantitative estimate of drug-likeness (QED) is 0.283. The van der Waals surface area contributed by atoms with E-state index in [0.29, 0.717) is 17.7 Å². The number of nitro groups is 1. The van der Waals surface area contributed by atoms with Gasteiger partial charge < -0.3 is 14.5 Å². The van der Waals surface area contributed by atoms with Crippen molar-refractivity contribution < 1.29 is 27.3 Å². The first-order valence-corrected chi connectivity index (χ1v) is 12.8. The van der Waals surface area contributed by atoms with Gasteiger partial charge in [-0.05, 0) is 52.3 Å². The Kier molecular flexibility index (Phi) is 8.15. The van der Waals surface area contributed by atoms with Crippen molar-refractivity contribution in [3.8, 4) is 11.6 Å². The molecule has 1 aromatic carbocycles. The molecule has 0 spiro atoms. The molecule has 1 atom stereocenters. The van der Waals surface area contributed by atoms with Gasteiger partial charge in [-0.1, -0.05) is 6.92 Å². The van der Waals surface area contributed by atoms with E-state index in [2.05, 4.69) is 15.1 Å². The molecule has 0 saturated heterocycles. The summed E-state index contributed by atoms with van der Waals surface area (Å²) in [5, 5.41) is 18.4. The number of benzene rings is 1. The predicted octanol–water partition coefficient (Wildman–Crippen LogP) is 4.07. The number of carbonyl (C=O) groups excluding carboxylic acids is 1. The Hall–Kier alpha value is -3.71. The first-order valence-electron chi connectivity index (χ1n) is 11.3. The Labute approximate surface area is 208 Å². The van der Waals surface area contributed by atoms with E-state index in [1.807, 2.05) is 13.8 Å². The molecule has 0 radical (unpaired) electrons. The maximum absolute atomic E-state index is 13.1. The van der Waals surface area contributed by atoms with Gasteiger partial charge >= 0.3 is 0 Å². The molecule has 0 aliphatic heterocycles. The van der Waals surface area contributed by atoms with E-state index < -0.39 is 37.5 Å².